The number of aliphatic hydroxyl groups is 1. The molecule has 5 nitrogen and oxygen atoms in total. The fraction of sp³-hybridized carbons (Fsp3) is 0.500. The van der Waals surface area contributed by atoms with Crippen molar-refractivity contribution >= 4 is 11.8 Å². The summed E-state index contributed by atoms with van der Waals surface area (Å²) in [4.78, 5) is 15.4. The van der Waals surface area contributed by atoms with Crippen LogP contribution in [0.2, 0.25) is 0 Å². The van der Waals surface area contributed by atoms with Crippen LogP contribution in [0.4, 0.5) is 5.82 Å². The lowest BCUT2D eigenvalue weighted by atomic mass is 10.1. The first-order valence-corrected chi connectivity index (χ1v) is 5.50. The van der Waals surface area contributed by atoms with Gasteiger partial charge < -0.3 is 15.2 Å². The molecule has 2 N–H and O–H groups in total. The van der Waals surface area contributed by atoms with Crippen molar-refractivity contribution in [1.29, 1.82) is 0 Å². The predicted molar refractivity (Wildman–Crippen MR) is 64.9 cm³/mol. The van der Waals surface area contributed by atoms with Gasteiger partial charge in [-0.1, -0.05) is 13.8 Å². The highest BCUT2D eigenvalue weighted by Crippen LogP contribution is 2.12. The molecule has 1 rings (SSSR count). The van der Waals surface area contributed by atoms with Crippen molar-refractivity contribution in [2.75, 3.05) is 19.0 Å². The average molecular weight is 238 g/mol. The highest BCUT2D eigenvalue weighted by Gasteiger charge is 2.13. The van der Waals surface area contributed by atoms with E-state index in [1.54, 1.807) is 12.1 Å². The Balaban J connectivity index is 2.81. The van der Waals surface area contributed by atoms with Crippen LogP contribution in [0.25, 0.3) is 0 Å². The standard InChI is InChI=1S/C12H18N2O3/c1-8(2)10(7-15)14-11-6-9(4-5-13-11)12(16)17-3/h4-6,8,10,15H,7H2,1-3H3,(H,13,14). The molecule has 0 aromatic carbocycles. The molecular formula is C12H18N2O3. The second-order valence-electron chi connectivity index (χ2n) is 4.10. The number of methoxy groups -OCH3 is 1. The molecule has 1 aromatic heterocycles. The van der Waals surface area contributed by atoms with Crippen molar-refractivity contribution in [1.82, 2.24) is 4.98 Å². The van der Waals surface area contributed by atoms with Gasteiger partial charge in [-0.25, -0.2) is 9.78 Å². The molecule has 0 fully saturated rings. The summed E-state index contributed by atoms with van der Waals surface area (Å²) in [7, 11) is 1.33. The van der Waals surface area contributed by atoms with Crippen molar-refractivity contribution in [2.45, 2.75) is 19.9 Å². The molecule has 0 bridgehead atoms. The topological polar surface area (TPSA) is 71.5 Å². The van der Waals surface area contributed by atoms with Gasteiger partial charge in [0.1, 0.15) is 5.82 Å². The first kappa shape index (κ1) is 13.4. The van der Waals surface area contributed by atoms with Gasteiger partial charge in [0.05, 0.1) is 25.3 Å². The molecule has 0 aliphatic rings. The summed E-state index contributed by atoms with van der Waals surface area (Å²) in [5, 5.41) is 12.3. The summed E-state index contributed by atoms with van der Waals surface area (Å²) in [6, 6.07) is 3.10. The van der Waals surface area contributed by atoms with Gasteiger partial charge in [-0.2, -0.15) is 0 Å². The molecule has 0 aliphatic heterocycles. The number of nitrogens with one attached hydrogen (secondary N) is 1. The number of aliphatic hydroxyl groups excluding tert-OH is 1. The third-order valence-corrected chi connectivity index (χ3v) is 2.52. The summed E-state index contributed by atoms with van der Waals surface area (Å²) < 4.78 is 4.63. The van der Waals surface area contributed by atoms with Crippen LogP contribution >= 0.6 is 0 Å². The largest absolute Gasteiger partial charge is 0.465 e. The van der Waals surface area contributed by atoms with Crippen molar-refractivity contribution in [2.24, 2.45) is 5.92 Å². The van der Waals surface area contributed by atoms with E-state index in [0.29, 0.717) is 11.4 Å². The normalized spacial score (nSPS) is 12.3. The van der Waals surface area contributed by atoms with Gasteiger partial charge in [0.25, 0.3) is 0 Å². The van der Waals surface area contributed by atoms with Crippen molar-refractivity contribution in [3.8, 4) is 0 Å². The van der Waals surface area contributed by atoms with Gasteiger partial charge in [-0.3, -0.25) is 0 Å². The van der Waals surface area contributed by atoms with E-state index in [2.05, 4.69) is 15.0 Å². The van der Waals surface area contributed by atoms with E-state index >= 15 is 0 Å². The number of rotatable bonds is 5. The summed E-state index contributed by atoms with van der Waals surface area (Å²) in [5.74, 6) is 0.421. The highest BCUT2D eigenvalue weighted by molar-refractivity contribution is 5.89. The number of pyridine rings is 1. The molecule has 0 saturated carbocycles. The summed E-state index contributed by atoms with van der Waals surface area (Å²) in [5.41, 5.74) is 0.436. The van der Waals surface area contributed by atoms with Gasteiger partial charge >= 0.3 is 5.97 Å². The molecule has 0 saturated heterocycles. The van der Waals surface area contributed by atoms with Crippen molar-refractivity contribution in [3.05, 3.63) is 23.9 Å². The fourth-order valence-electron chi connectivity index (χ4n) is 1.37. The van der Waals surface area contributed by atoms with Crippen molar-refractivity contribution in [3.63, 3.8) is 0 Å². The maximum absolute atomic E-state index is 11.3. The Morgan fingerprint density at radius 1 is 1.59 bits per heavy atom. The molecule has 0 radical (unpaired) electrons. The number of carbonyl (C=O) groups is 1. The van der Waals surface area contributed by atoms with Gasteiger partial charge in [0.15, 0.2) is 0 Å². The average Bonchev–Trinajstić information content (AvgIpc) is 2.34. The fourth-order valence-corrected chi connectivity index (χ4v) is 1.37. The molecule has 5 heteroatoms. The van der Waals surface area contributed by atoms with Gasteiger partial charge in [-0.15, -0.1) is 0 Å². The van der Waals surface area contributed by atoms with Crippen LogP contribution in [0.1, 0.15) is 24.2 Å². The number of hydrogen-bond donors (Lipinski definition) is 2. The second kappa shape index (κ2) is 6.20. The van der Waals surface area contributed by atoms with E-state index in [1.807, 2.05) is 13.8 Å². The predicted octanol–water partition coefficient (Wildman–Crippen LogP) is 1.30. The second-order valence-corrected chi connectivity index (χ2v) is 4.10. The van der Waals surface area contributed by atoms with Crippen LogP contribution < -0.4 is 5.32 Å². The molecule has 1 aromatic rings. The third-order valence-electron chi connectivity index (χ3n) is 2.52. The van der Waals surface area contributed by atoms with Crippen molar-refractivity contribution < 1.29 is 14.6 Å². The summed E-state index contributed by atoms with van der Waals surface area (Å²) in [6.45, 7) is 4.01. The minimum Gasteiger partial charge on any atom is -0.465 e. The Morgan fingerprint density at radius 3 is 2.82 bits per heavy atom. The van der Waals surface area contributed by atoms with Gasteiger partial charge in [0, 0.05) is 6.20 Å². The maximum atomic E-state index is 11.3. The molecule has 0 amide bonds. The van der Waals surface area contributed by atoms with Crippen LogP contribution in [-0.2, 0) is 4.74 Å². The number of ether oxygens (including phenoxy) is 1. The monoisotopic (exact) mass is 238 g/mol. The van der Waals surface area contributed by atoms with Crippen LogP contribution in [-0.4, -0.2) is 35.8 Å². The van der Waals surface area contributed by atoms with Gasteiger partial charge in [-0.05, 0) is 18.1 Å². The molecule has 1 unspecified atom stereocenters. The minimum absolute atomic E-state index is 0.0157. The molecule has 94 valence electrons. The van der Waals surface area contributed by atoms with Crippen LogP contribution in [0.3, 0.4) is 0 Å². The number of hydrogen-bond acceptors (Lipinski definition) is 5. The van der Waals surface area contributed by atoms with E-state index in [4.69, 9.17) is 0 Å². The zero-order valence-electron chi connectivity index (χ0n) is 10.3. The minimum atomic E-state index is -0.402. The number of esters is 1. The third kappa shape index (κ3) is 3.71. The number of anilines is 1. The van der Waals surface area contributed by atoms with E-state index in [9.17, 15) is 9.90 Å². The summed E-state index contributed by atoms with van der Waals surface area (Å²) >= 11 is 0. The van der Waals surface area contributed by atoms with E-state index < -0.39 is 5.97 Å². The summed E-state index contributed by atoms with van der Waals surface area (Å²) in [6.07, 6.45) is 1.53. The quantitative estimate of drug-likeness (QED) is 0.756. The van der Waals surface area contributed by atoms with E-state index in [-0.39, 0.29) is 18.6 Å². The number of aromatic nitrogens is 1. The molecule has 0 aliphatic carbocycles. The molecular weight excluding hydrogens is 220 g/mol. The smallest absolute Gasteiger partial charge is 0.338 e. The lowest BCUT2D eigenvalue weighted by Gasteiger charge is -2.20. The van der Waals surface area contributed by atoms with E-state index in [0.717, 1.165) is 0 Å². The highest BCUT2D eigenvalue weighted by atomic mass is 16.5. The molecule has 1 heterocycles. The SMILES string of the molecule is COC(=O)c1ccnc(NC(CO)C(C)C)c1. The van der Waals surface area contributed by atoms with Crippen LogP contribution in [0.5, 0.6) is 0 Å². The van der Waals surface area contributed by atoms with E-state index in [1.165, 1.54) is 13.3 Å². The van der Waals surface area contributed by atoms with Gasteiger partial charge in [0.2, 0.25) is 0 Å². The number of nitrogens with zero attached hydrogens (tertiary/aromatic N) is 1. The first-order valence-electron chi connectivity index (χ1n) is 5.50. The Labute approximate surface area is 101 Å². The van der Waals surface area contributed by atoms with Crippen LogP contribution in [0.15, 0.2) is 18.3 Å². The maximum Gasteiger partial charge on any atom is 0.338 e. The lowest BCUT2D eigenvalue weighted by Crippen LogP contribution is -2.29. The van der Waals surface area contributed by atoms with Crippen LogP contribution in [0, 0.1) is 5.92 Å². The zero-order chi connectivity index (χ0) is 12.8. The molecule has 17 heavy (non-hydrogen) atoms. The Morgan fingerprint density at radius 2 is 2.29 bits per heavy atom. The first-order chi connectivity index (χ1) is 8.08. The molecule has 0 spiro atoms. The zero-order valence-corrected chi connectivity index (χ0v) is 10.3. The number of carbonyl (C=O) groups excluding carboxylic acids is 1. The Hall–Kier alpha value is -1.62. The lowest BCUT2D eigenvalue weighted by molar-refractivity contribution is 0.0600. The Kier molecular flexibility index (Phi) is 4.90. The Bertz CT molecular complexity index is 380. The molecule has 1 atom stereocenters.